The number of aromatic nitrogens is 3. The first kappa shape index (κ1) is 18.9. The molecular weight excluding hydrogens is 330 g/mol. The van der Waals surface area contributed by atoms with E-state index < -0.39 is 0 Å². The van der Waals surface area contributed by atoms with E-state index in [1.165, 1.54) is 12.6 Å². The smallest absolute Gasteiger partial charge is 0.276 e. The van der Waals surface area contributed by atoms with Gasteiger partial charge in [0, 0.05) is 25.6 Å². The van der Waals surface area contributed by atoms with Gasteiger partial charge in [-0.25, -0.2) is 0 Å². The maximum Gasteiger partial charge on any atom is 0.276 e. The standard InChI is InChI=1S/C19H31N5O2/c1-19(2,3)15-7-5-4-6-14(15)17(25)20-10-13-8-9-24(12-13)18(26)16-11-21-23-22-16/h11,13-15H,4-10,12H2,1-3H3,(H,20,25)(H,21,22,23)/t13?,14-,15+/m0/s1. The van der Waals surface area contributed by atoms with Gasteiger partial charge in [0.1, 0.15) is 0 Å². The van der Waals surface area contributed by atoms with Crippen molar-refractivity contribution in [3.8, 4) is 0 Å². The molecule has 3 rings (SSSR count). The number of nitrogens with one attached hydrogen (secondary N) is 2. The van der Waals surface area contributed by atoms with E-state index in [1.807, 2.05) is 0 Å². The first-order valence-electron chi connectivity index (χ1n) is 9.79. The molecule has 1 saturated carbocycles. The van der Waals surface area contributed by atoms with Crippen LogP contribution in [0.25, 0.3) is 0 Å². The lowest BCUT2D eigenvalue weighted by Gasteiger charge is -2.39. The molecule has 2 fully saturated rings. The maximum absolute atomic E-state index is 12.8. The van der Waals surface area contributed by atoms with Crippen molar-refractivity contribution in [1.82, 2.24) is 25.6 Å². The van der Waals surface area contributed by atoms with Crippen molar-refractivity contribution in [2.24, 2.45) is 23.2 Å². The molecule has 2 heterocycles. The minimum Gasteiger partial charge on any atom is -0.356 e. The Balaban J connectivity index is 1.49. The molecule has 1 unspecified atom stereocenters. The minimum absolute atomic E-state index is 0.0901. The second-order valence-electron chi connectivity index (χ2n) is 8.87. The number of amides is 2. The van der Waals surface area contributed by atoms with Crippen molar-refractivity contribution >= 4 is 11.8 Å². The van der Waals surface area contributed by atoms with Gasteiger partial charge >= 0.3 is 0 Å². The van der Waals surface area contributed by atoms with Crippen molar-refractivity contribution in [3.63, 3.8) is 0 Å². The molecule has 0 aromatic carbocycles. The Morgan fingerprint density at radius 2 is 2.04 bits per heavy atom. The quantitative estimate of drug-likeness (QED) is 0.860. The van der Waals surface area contributed by atoms with E-state index in [-0.39, 0.29) is 23.1 Å². The summed E-state index contributed by atoms with van der Waals surface area (Å²) in [6.07, 6.45) is 6.88. The van der Waals surface area contributed by atoms with Crippen LogP contribution in [0.5, 0.6) is 0 Å². The van der Waals surface area contributed by atoms with E-state index in [2.05, 4.69) is 41.5 Å². The number of likely N-dealkylation sites (tertiary alicyclic amines) is 1. The molecule has 0 spiro atoms. The van der Waals surface area contributed by atoms with Crippen LogP contribution in [0, 0.1) is 23.2 Å². The number of hydrogen-bond acceptors (Lipinski definition) is 4. The molecule has 1 aromatic heterocycles. The summed E-state index contributed by atoms with van der Waals surface area (Å²) in [5.41, 5.74) is 0.515. The van der Waals surface area contributed by atoms with Crippen LogP contribution in [0.3, 0.4) is 0 Å². The van der Waals surface area contributed by atoms with Crippen LogP contribution >= 0.6 is 0 Å². The van der Waals surface area contributed by atoms with Crippen LogP contribution in [-0.4, -0.2) is 51.8 Å². The van der Waals surface area contributed by atoms with Crippen molar-refractivity contribution in [2.75, 3.05) is 19.6 Å². The predicted molar refractivity (Wildman–Crippen MR) is 98.3 cm³/mol. The van der Waals surface area contributed by atoms with Crippen molar-refractivity contribution in [1.29, 1.82) is 0 Å². The first-order chi connectivity index (χ1) is 12.4. The number of hydrogen-bond donors (Lipinski definition) is 2. The Kier molecular flexibility index (Phi) is 5.63. The van der Waals surface area contributed by atoms with Gasteiger partial charge in [-0.3, -0.25) is 9.59 Å². The molecule has 0 bridgehead atoms. The molecule has 7 nitrogen and oxygen atoms in total. The number of carbonyl (C=O) groups is 2. The summed E-state index contributed by atoms with van der Waals surface area (Å²) < 4.78 is 0. The summed E-state index contributed by atoms with van der Waals surface area (Å²) >= 11 is 0. The molecule has 2 amide bonds. The summed E-state index contributed by atoms with van der Waals surface area (Å²) in [5.74, 6) is 0.994. The van der Waals surface area contributed by atoms with Crippen LogP contribution in [0.15, 0.2) is 6.20 Å². The van der Waals surface area contributed by atoms with Gasteiger partial charge in [-0.2, -0.15) is 15.4 Å². The Labute approximate surface area is 155 Å². The third kappa shape index (κ3) is 4.24. The third-order valence-corrected chi connectivity index (χ3v) is 5.99. The van der Waals surface area contributed by atoms with Crippen LogP contribution in [-0.2, 0) is 4.79 Å². The Morgan fingerprint density at radius 1 is 1.27 bits per heavy atom. The summed E-state index contributed by atoms with van der Waals surface area (Å²) in [6.45, 7) is 8.75. The molecule has 1 saturated heterocycles. The average Bonchev–Trinajstić information content (AvgIpc) is 3.30. The second-order valence-corrected chi connectivity index (χ2v) is 8.87. The number of H-pyrrole nitrogens is 1. The fourth-order valence-electron chi connectivity index (χ4n) is 4.51. The monoisotopic (exact) mass is 361 g/mol. The van der Waals surface area contributed by atoms with Crippen molar-refractivity contribution < 1.29 is 9.59 Å². The summed E-state index contributed by atoms with van der Waals surface area (Å²) in [5, 5.41) is 13.2. The normalized spacial score (nSPS) is 26.7. The van der Waals surface area contributed by atoms with Gasteiger partial charge in [-0.1, -0.05) is 33.6 Å². The van der Waals surface area contributed by atoms with Crippen LogP contribution in [0.4, 0.5) is 0 Å². The predicted octanol–water partition coefficient (Wildman–Crippen LogP) is 2.24. The highest BCUT2D eigenvalue weighted by molar-refractivity contribution is 5.92. The minimum atomic E-state index is -0.0901. The van der Waals surface area contributed by atoms with Gasteiger partial charge < -0.3 is 10.2 Å². The Bertz CT molecular complexity index is 622. The Morgan fingerprint density at radius 3 is 2.73 bits per heavy atom. The molecular formula is C19H31N5O2. The van der Waals surface area contributed by atoms with Crippen LogP contribution in [0.1, 0.15) is 63.4 Å². The van der Waals surface area contributed by atoms with E-state index in [0.29, 0.717) is 37.2 Å². The number of carbonyl (C=O) groups excluding carboxylic acids is 2. The zero-order valence-electron chi connectivity index (χ0n) is 16.1. The van der Waals surface area contributed by atoms with Gasteiger partial charge in [0.15, 0.2) is 5.69 Å². The van der Waals surface area contributed by atoms with Gasteiger partial charge in [-0.05, 0) is 36.5 Å². The zero-order valence-corrected chi connectivity index (χ0v) is 16.1. The maximum atomic E-state index is 12.8. The number of rotatable bonds is 4. The SMILES string of the molecule is CC(C)(C)[C@@H]1CCCC[C@@H]1C(=O)NCC1CCN(C(=O)c2cn[nH]n2)C1. The zero-order chi connectivity index (χ0) is 18.7. The van der Waals surface area contributed by atoms with Crippen molar-refractivity contribution in [2.45, 2.75) is 52.9 Å². The Hall–Kier alpha value is -1.92. The topological polar surface area (TPSA) is 91.0 Å². The lowest BCUT2D eigenvalue weighted by Crippen LogP contribution is -2.43. The van der Waals surface area contributed by atoms with Crippen LogP contribution < -0.4 is 5.32 Å². The fraction of sp³-hybridized carbons (Fsp3) is 0.789. The molecule has 7 heteroatoms. The van der Waals surface area contributed by atoms with E-state index in [0.717, 1.165) is 25.7 Å². The molecule has 0 radical (unpaired) electrons. The van der Waals surface area contributed by atoms with Gasteiger partial charge in [0.05, 0.1) is 6.20 Å². The molecule has 3 atom stereocenters. The van der Waals surface area contributed by atoms with Crippen LogP contribution in [0.2, 0.25) is 0 Å². The van der Waals surface area contributed by atoms with E-state index in [4.69, 9.17) is 0 Å². The molecule has 1 aliphatic heterocycles. The summed E-state index contributed by atoms with van der Waals surface area (Å²) in [6, 6.07) is 0. The largest absolute Gasteiger partial charge is 0.356 e. The van der Waals surface area contributed by atoms with Gasteiger partial charge in [0.2, 0.25) is 5.91 Å². The molecule has 144 valence electrons. The molecule has 2 N–H and O–H groups in total. The number of aromatic amines is 1. The summed E-state index contributed by atoms with van der Waals surface area (Å²) in [7, 11) is 0. The first-order valence-corrected chi connectivity index (χ1v) is 9.79. The molecule has 1 aliphatic carbocycles. The highest BCUT2D eigenvalue weighted by Crippen LogP contribution is 2.41. The van der Waals surface area contributed by atoms with Gasteiger partial charge in [-0.15, -0.1) is 0 Å². The number of nitrogens with zero attached hydrogens (tertiary/aromatic N) is 3. The highest BCUT2D eigenvalue weighted by Gasteiger charge is 2.38. The highest BCUT2D eigenvalue weighted by atomic mass is 16.2. The fourth-order valence-corrected chi connectivity index (χ4v) is 4.51. The van der Waals surface area contributed by atoms with Gasteiger partial charge in [0.25, 0.3) is 5.91 Å². The van der Waals surface area contributed by atoms with E-state index in [1.54, 1.807) is 4.90 Å². The summed E-state index contributed by atoms with van der Waals surface area (Å²) in [4.78, 5) is 26.9. The average molecular weight is 361 g/mol. The molecule has 26 heavy (non-hydrogen) atoms. The second kappa shape index (κ2) is 7.76. The molecule has 2 aliphatic rings. The molecule has 1 aromatic rings. The lowest BCUT2D eigenvalue weighted by atomic mass is 9.66. The van der Waals surface area contributed by atoms with E-state index >= 15 is 0 Å². The lowest BCUT2D eigenvalue weighted by molar-refractivity contribution is -0.129. The third-order valence-electron chi connectivity index (χ3n) is 5.99. The van der Waals surface area contributed by atoms with E-state index in [9.17, 15) is 9.59 Å². The van der Waals surface area contributed by atoms with Crippen molar-refractivity contribution in [3.05, 3.63) is 11.9 Å².